The number of para-hydroxylation sites is 2. The molecule has 1 heterocycles. The maximum absolute atomic E-state index is 11.0. The van der Waals surface area contributed by atoms with E-state index in [1.54, 1.807) is 24.4 Å². The van der Waals surface area contributed by atoms with Crippen LogP contribution in [0.5, 0.6) is 0 Å². The normalized spacial score (nSPS) is 14.4. The third-order valence-electron chi connectivity index (χ3n) is 3.30. The van der Waals surface area contributed by atoms with Crippen molar-refractivity contribution in [3.05, 3.63) is 46.3 Å². The lowest BCUT2D eigenvalue weighted by Crippen LogP contribution is -2.16. The van der Waals surface area contributed by atoms with Crippen LogP contribution in [-0.4, -0.2) is 26.5 Å². The molecule has 104 valence electrons. The number of hydrogen-bond acceptors (Lipinski definition) is 5. The molecule has 1 saturated carbocycles. The molecule has 0 unspecified atom stereocenters. The lowest BCUT2D eigenvalue weighted by molar-refractivity contribution is -0.384. The molecule has 0 atom stereocenters. The molecular formula is C13H15N5O2. The molecule has 1 N–H and O–H groups in total. The standard InChI is InChI=1S/C13H15N5O2/c19-18(20)13-4-2-1-3-12(13)17-9-11(15-16-17)8-14-7-10-5-6-10/h1-4,9-10,14H,5-8H2. The quantitative estimate of drug-likeness (QED) is 0.639. The molecule has 7 heteroatoms. The van der Waals surface area contributed by atoms with Gasteiger partial charge in [0.1, 0.15) is 5.69 Å². The van der Waals surface area contributed by atoms with Gasteiger partial charge in [0.05, 0.1) is 16.8 Å². The number of nitro groups is 1. The lowest BCUT2D eigenvalue weighted by atomic mass is 10.3. The van der Waals surface area contributed by atoms with E-state index in [0.29, 0.717) is 12.2 Å². The van der Waals surface area contributed by atoms with Crippen molar-refractivity contribution in [2.24, 2.45) is 5.92 Å². The highest BCUT2D eigenvalue weighted by Gasteiger charge is 2.20. The van der Waals surface area contributed by atoms with Crippen LogP contribution in [0.4, 0.5) is 5.69 Å². The average Bonchev–Trinajstić information content (AvgIpc) is 3.15. The summed E-state index contributed by atoms with van der Waals surface area (Å²) in [4.78, 5) is 10.6. The van der Waals surface area contributed by atoms with Gasteiger partial charge in [-0.1, -0.05) is 17.3 Å². The second kappa shape index (κ2) is 5.38. The summed E-state index contributed by atoms with van der Waals surface area (Å²) in [6, 6.07) is 6.50. The SMILES string of the molecule is O=[N+]([O-])c1ccccc1-n1cc(CNCC2CC2)nn1. The molecule has 1 aliphatic rings. The van der Waals surface area contributed by atoms with E-state index in [1.165, 1.54) is 23.6 Å². The van der Waals surface area contributed by atoms with Crippen molar-refractivity contribution in [3.8, 4) is 5.69 Å². The zero-order chi connectivity index (χ0) is 13.9. The van der Waals surface area contributed by atoms with Crippen LogP contribution in [0.25, 0.3) is 5.69 Å². The molecule has 2 aromatic rings. The Kier molecular flexibility index (Phi) is 3.42. The molecule has 0 bridgehead atoms. The summed E-state index contributed by atoms with van der Waals surface area (Å²) in [7, 11) is 0. The van der Waals surface area contributed by atoms with Crippen molar-refractivity contribution in [2.75, 3.05) is 6.54 Å². The number of nitrogens with one attached hydrogen (secondary N) is 1. The van der Waals surface area contributed by atoms with E-state index in [1.807, 2.05) is 0 Å². The van der Waals surface area contributed by atoms with Gasteiger partial charge in [-0.25, -0.2) is 4.68 Å². The van der Waals surface area contributed by atoms with Gasteiger partial charge in [0.25, 0.3) is 5.69 Å². The van der Waals surface area contributed by atoms with Gasteiger partial charge < -0.3 is 5.32 Å². The number of hydrogen-bond donors (Lipinski definition) is 1. The maximum Gasteiger partial charge on any atom is 0.294 e. The van der Waals surface area contributed by atoms with Crippen LogP contribution in [0.1, 0.15) is 18.5 Å². The number of aromatic nitrogens is 3. The third kappa shape index (κ3) is 2.83. The monoisotopic (exact) mass is 273 g/mol. The van der Waals surface area contributed by atoms with E-state index in [4.69, 9.17) is 0 Å². The molecule has 0 amide bonds. The molecule has 1 aromatic carbocycles. The predicted molar refractivity (Wildman–Crippen MR) is 72.4 cm³/mol. The zero-order valence-corrected chi connectivity index (χ0v) is 10.9. The minimum absolute atomic E-state index is 0.0230. The van der Waals surface area contributed by atoms with Crippen molar-refractivity contribution >= 4 is 5.69 Å². The Hall–Kier alpha value is -2.28. The molecule has 3 rings (SSSR count). The summed E-state index contributed by atoms with van der Waals surface area (Å²) < 4.78 is 1.45. The number of benzene rings is 1. The first kappa shape index (κ1) is 12.7. The first-order valence-electron chi connectivity index (χ1n) is 6.60. The van der Waals surface area contributed by atoms with Crippen LogP contribution in [0.2, 0.25) is 0 Å². The maximum atomic E-state index is 11.0. The Morgan fingerprint density at radius 1 is 1.40 bits per heavy atom. The molecule has 0 radical (unpaired) electrons. The van der Waals surface area contributed by atoms with E-state index >= 15 is 0 Å². The van der Waals surface area contributed by atoms with Gasteiger partial charge in [0.2, 0.25) is 0 Å². The van der Waals surface area contributed by atoms with Gasteiger partial charge in [-0.15, -0.1) is 5.10 Å². The van der Waals surface area contributed by atoms with E-state index in [2.05, 4.69) is 15.6 Å². The van der Waals surface area contributed by atoms with Crippen LogP contribution in [0.3, 0.4) is 0 Å². The molecule has 1 aromatic heterocycles. The van der Waals surface area contributed by atoms with Crippen molar-refractivity contribution < 1.29 is 4.92 Å². The molecule has 1 fully saturated rings. The summed E-state index contributed by atoms with van der Waals surface area (Å²) in [6.07, 6.45) is 4.33. The first-order valence-corrected chi connectivity index (χ1v) is 6.60. The van der Waals surface area contributed by atoms with E-state index in [9.17, 15) is 10.1 Å². The summed E-state index contributed by atoms with van der Waals surface area (Å²) in [6.45, 7) is 1.63. The average molecular weight is 273 g/mol. The summed E-state index contributed by atoms with van der Waals surface area (Å²) in [5, 5.41) is 22.3. The van der Waals surface area contributed by atoms with Gasteiger partial charge >= 0.3 is 0 Å². The van der Waals surface area contributed by atoms with Gasteiger partial charge in [-0.3, -0.25) is 10.1 Å². The molecule has 20 heavy (non-hydrogen) atoms. The molecular weight excluding hydrogens is 258 g/mol. The Balaban J connectivity index is 1.73. The fourth-order valence-corrected chi connectivity index (χ4v) is 2.04. The van der Waals surface area contributed by atoms with E-state index in [-0.39, 0.29) is 5.69 Å². The Labute approximate surface area is 115 Å². The van der Waals surface area contributed by atoms with Crippen molar-refractivity contribution in [1.29, 1.82) is 0 Å². The fourth-order valence-electron chi connectivity index (χ4n) is 2.04. The highest BCUT2D eigenvalue weighted by atomic mass is 16.6. The summed E-state index contributed by atoms with van der Waals surface area (Å²) in [5.74, 6) is 0.806. The van der Waals surface area contributed by atoms with E-state index in [0.717, 1.165) is 18.2 Å². The second-order valence-corrected chi connectivity index (χ2v) is 4.97. The molecule has 7 nitrogen and oxygen atoms in total. The minimum Gasteiger partial charge on any atom is -0.311 e. The molecule has 1 aliphatic carbocycles. The topological polar surface area (TPSA) is 85.9 Å². The van der Waals surface area contributed by atoms with Crippen LogP contribution < -0.4 is 5.32 Å². The van der Waals surface area contributed by atoms with Crippen molar-refractivity contribution in [2.45, 2.75) is 19.4 Å². The summed E-state index contributed by atoms with van der Waals surface area (Å²) >= 11 is 0. The fraction of sp³-hybridized carbons (Fsp3) is 0.385. The Bertz CT molecular complexity index is 621. The van der Waals surface area contributed by atoms with Gasteiger partial charge in [-0.05, 0) is 31.4 Å². The largest absolute Gasteiger partial charge is 0.311 e. The number of rotatable bonds is 6. The molecule has 0 aliphatic heterocycles. The number of nitrogens with zero attached hydrogens (tertiary/aromatic N) is 4. The lowest BCUT2D eigenvalue weighted by Gasteiger charge is -2.01. The van der Waals surface area contributed by atoms with Gasteiger partial charge in [0.15, 0.2) is 0 Å². The van der Waals surface area contributed by atoms with Crippen LogP contribution in [-0.2, 0) is 6.54 Å². The molecule has 0 saturated heterocycles. The van der Waals surface area contributed by atoms with E-state index < -0.39 is 4.92 Å². The molecule has 0 spiro atoms. The number of nitro benzene ring substituents is 1. The highest BCUT2D eigenvalue weighted by molar-refractivity contribution is 5.51. The van der Waals surface area contributed by atoms with Crippen LogP contribution in [0.15, 0.2) is 30.5 Å². The predicted octanol–water partition coefficient (Wildman–Crippen LogP) is 1.68. The summed E-state index contributed by atoms with van der Waals surface area (Å²) in [5.41, 5.74) is 1.23. The Morgan fingerprint density at radius 3 is 2.95 bits per heavy atom. The van der Waals surface area contributed by atoms with Crippen LogP contribution in [0, 0.1) is 16.0 Å². The third-order valence-corrected chi connectivity index (χ3v) is 3.30. The second-order valence-electron chi connectivity index (χ2n) is 4.97. The highest BCUT2D eigenvalue weighted by Crippen LogP contribution is 2.27. The Morgan fingerprint density at radius 2 is 2.20 bits per heavy atom. The zero-order valence-electron chi connectivity index (χ0n) is 10.9. The first-order chi connectivity index (χ1) is 9.74. The minimum atomic E-state index is -0.415. The van der Waals surface area contributed by atoms with Gasteiger partial charge in [-0.2, -0.15) is 0 Å². The van der Waals surface area contributed by atoms with Gasteiger partial charge in [0, 0.05) is 12.6 Å². The van der Waals surface area contributed by atoms with Crippen molar-refractivity contribution in [1.82, 2.24) is 20.3 Å². The van der Waals surface area contributed by atoms with Crippen LogP contribution >= 0.6 is 0 Å². The smallest absolute Gasteiger partial charge is 0.294 e. The van der Waals surface area contributed by atoms with Crippen molar-refractivity contribution in [3.63, 3.8) is 0 Å².